The van der Waals surface area contributed by atoms with Crippen molar-refractivity contribution in [1.29, 1.82) is 0 Å². The van der Waals surface area contributed by atoms with Crippen molar-refractivity contribution in [2.75, 3.05) is 32.8 Å². The maximum absolute atomic E-state index is 13.0. The van der Waals surface area contributed by atoms with Gasteiger partial charge in [-0.25, -0.2) is 5.06 Å². The highest BCUT2D eigenvalue weighted by Crippen LogP contribution is 2.23. The summed E-state index contributed by atoms with van der Waals surface area (Å²) in [5, 5.41) is 5.90. The molecule has 0 saturated carbocycles. The molecule has 2 aliphatic heterocycles. The van der Waals surface area contributed by atoms with Gasteiger partial charge in [-0.05, 0) is 24.5 Å². The lowest BCUT2D eigenvalue weighted by molar-refractivity contribution is -0.201. The molecule has 2 aromatic rings. The second kappa shape index (κ2) is 8.65. The maximum atomic E-state index is 13.0. The van der Waals surface area contributed by atoms with Crippen LogP contribution in [0.2, 0.25) is 0 Å². The largest absolute Gasteiger partial charge is 0.375 e. The summed E-state index contributed by atoms with van der Waals surface area (Å²) in [6.07, 6.45) is 3.76. The first-order valence-corrected chi connectivity index (χ1v) is 9.62. The number of benzene rings is 1. The predicted octanol–water partition coefficient (Wildman–Crippen LogP) is 2.01. The summed E-state index contributed by atoms with van der Waals surface area (Å²) < 4.78 is 7.67. The van der Waals surface area contributed by atoms with Crippen LogP contribution in [0.25, 0.3) is 0 Å². The van der Waals surface area contributed by atoms with Crippen LogP contribution in [0.15, 0.2) is 42.6 Å². The van der Waals surface area contributed by atoms with Gasteiger partial charge >= 0.3 is 0 Å². The van der Waals surface area contributed by atoms with Gasteiger partial charge in [-0.15, -0.1) is 0 Å². The highest BCUT2D eigenvalue weighted by molar-refractivity contribution is 5.80. The minimum Gasteiger partial charge on any atom is -0.375 e. The van der Waals surface area contributed by atoms with Gasteiger partial charge in [0.2, 0.25) is 0 Å². The molecular formula is C20H26N4O3. The lowest BCUT2D eigenvalue weighted by atomic mass is 10.1. The van der Waals surface area contributed by atoms with E-state index < -0.39 is 0 Å². The Morgan fingerprint density at radius 3 is 2.93 bits per heavy atom. The maximum Gasteiger partial charge on any atom is 0.272 e. The van der Waals surface area contributed by atoms with Crippen molar-refractivity contribution in [3.05, 3.63) is 53.9 Å². The molecule has 0 bridgehead atoms. The number of carbonyl (C=O) groups is 1. The fraction of sp³-hybridized carbons (Fsp3) is 0.500. The van der Waals surface area contributed by atoms with Crippen molar-refractivity contribution in [2.45, 2.75) is 32.0 Å². The number of rotatable bonds is 6. The molecule has 0 spiro atoms. The van der Waals surface area contributed by atoms with E-state index in [9.17, 15) is 4.79 Å². The first-order chi connectivity index (χ1) is 13.3. The second-order valence-electron chi connectivity index (χ2n) is 7.04. The molecule has 0 N–H and O–H groups in total. The molecular weight excluding hydrogens is 344 g/mol. The van der Waals surface area contributed by atoms with Crippen molar-refractivity contribution < 1.29 is 14.4 Å². The summed E-state index contributed by atoms with van der Waals surface area (Å²) in [5.41, 5.74) is 2.23. The number of hydrogen-bond donors (Lipinski definition) is 0. The summed E-state index contributed by atoms with van der Waals surface area (Å²) in [4.78, 5) is 20.8. The van der Waals surface area contributed by atoms with Crippen LogP contribution in [-0.2, 0) is 27.5 Å². The Bertz CT molecular complexity index is 743. The molecule has 1 aromatic heterocycles. The zero-order valence-electron chi connectivity index (χ0n) is 15.5. The van der Waals surface area contributed by atoms with E-state index in [-0.39, 0.29) is 11.9 Å². The predicted molar refractivity (Wildman–Crippen MR) is 99.5 cm³/mol. The van der Waals surface area contributed by atoms with Gasteiger partial charge in [-0.2, -0.15) is 5.10 Å². The zero-order valence-corrected chi connectivity index (χ0v) is 15.5. The van der Waals surface area contributed by atoms with Crippen molar-refractivity contribution in [3.63, 3.8) is 0 Å². The average molecular weight is 370 g/mol. The van der Waals surface area contributed by atoms with Crippen LogP contribution in [0.5, 0.6) is 0 Å². The number of aromatic nitrogens is 2. The van der Waals surface area contributed by atoms with Crippen LogP contribution in [-0.4, -0.2) is 58.5 Å². The van der Waals surface area contributed by atoms with E-state index >= 15 is 0 Å². The third kappa shape index (κ3) is 4.37. The molecule has 1 fully saturated rings. The lowest BCUT2D eigenvalue weighted by Crippen LogP contribution is -2.48. The topological polar surface area (TPSA) is 59.8 Å². The van der Waals surface area contributed by atoms with Gasteiger partial charge in [-0.3, -0.25) is 19.2 Å². The number of fused-ring (bicyclic) bond motifs is 1. The van der Waals surface area contributed by atoms with Crippen LogP contribution < -0.4 is 0 Å². The first-order valence-electron chi connectivity index (χ1n) is 9.62. The van der Waals surface area contributed by atoms with E-state index in [4.69, 9.17) is 9.57 Å². The van der Waals surface area contributed by atoms with Crippen LogP contribution in [0.4, 0.5) is 0 Å². The average Bonchev–Trinajstić information content (AvgIpc) is 3.20. The fourth-order valence-electron chi connectivity index (χ4n) is 3.61. The second-order valence-corrected chi connectivity index (χ2v) is 7.04. The fourth-order valence-corrected chi connectivity index (χ4v) is 3.61. The Balaban J connectivity index is 1.34. The molecule has 0 radical (unpaired) electrons. The van der Waals surface area contributed by atoms with Gasteiger partial charge in [0, 0.05) is 32.4 Å². The molecule has 4 rings (SSSR count). The van der Waals surface area contributed by atoms with Crippen molar-refractivity contribution in [1.82, 2.24) is 19.7 Å². The summed E-state index contributed by atoms with van der Waals surface area (Å²) in [7, 11) is 0. The number of hydroxylamine groups is 2. The number of amides is 1. The van der Waals surface area contributed by atoms with Crippen LogP contribution in [0, 0.1) is 0 Å². The van der Waals surface area contributed by atoms with E-state index in [1.807, 2.05) is 28.9 Å². The molecule has 1 aromatic carbocycles. The Labute approximate surface area is 159 Å². The first kappa shape index (κ1) is 18.2. The molecule has 1 saturated heterocycles. The van der Waals surface area contributed by atoms with E-state index in [2.05, 4.69) is 22.1 Å². The molecule has 0 unspecified atom stereocenters. The summed E-state index contributed by atoms with van der Waals surface area (Å²) in [5.74, 6) is -0.00504. The SMILES string of the molecule is O=C([C@@H]1CN(CCOCc2ccccc2)Cc2ccnn21)N1CCCCO1. The van der Waals surface area contributed by atoms with Gasteiger partial charge in [0.1, 0.15) is 6.04 Å². The van der Waals surface area contributed by atoms with E-state index in [0.717, 1.165) is 31.6 Å². The zero-order chi connectivity index (χ0) is 18.5. The van der Waals surface area contributed by atoms with Gasteiger partial charge in [0.25, 0.3) is 5.91 Å². The number of hydrogen-bond acceptors (Lipinski definition) is 5. The van der Waals surface area contributed by atoms with E-state index in [0.29, 0.717) is 32.9 Å². The smallest absolute Gasteiger partial charge is 0.272 e. The Morgan fingerprint density at radius 2 is 2.11 bits per heavy atom. The summed E-state index contributed by atoms with van der Waals surface area (Å²) in [6, 6.07) is 11.8. The molecule has 3 heterocycles. The van der Waals surface area contributed by atoms with E-state index in [1.165, 1.54) is 10.6 Å². The molecule has 1 atom stereocenters. The number of ether oxygens (including phenoxy) is 1. The van der Waals surface area contributed by atoms with Crippen molar-refractivity contribution in [3.8, 4) is 0 Å². The van der Waals surface area contributed by atoms with Gasteiger partial charge < -0.3 is 4.74 Å². The molecule has 7 nitrogen and oxygen atoms in total. The highest BCUT2D eigenvalue weighted by Gasteiger charge is 2.34. The Hall–Kier alpha value is -2.22. The third-order valence-corrected chi connectivity index (χ3v) is 5.06. The van der Waals surface area contributed by atoms with Gasteiger partial charge in [0.15, 0.2) is 0 Å². The monoisotopic (exact) mass is 370 g/mol. The van der Waals surface area contributed by atoms with Crippen LogP contribution in [0.1, 0.15) is 30.1 Å². The number of carbonyl (C=O) groups excluding carboxylic acids is 1. The molecule has 144 valence electrons. The quantitative estimate of drug-likeness (QED) is 0.728. The van der Waals surface area contributed by atoms with Crippen molar-refractivity contribution >= 4 is 5.91 Å². The summed E-state index contributed by atoms with van der Waals surface area (Å²) >= 11 is 0. The molecule has 0 aliphatic carbocycles. The standard InChI is InChI=1S/C20H26N4O3/c25-20(23-10-4-5-12-27-23)19-15-22(14-18-8-9-21-24(18)19)11-13-26-16-17-6-2-1-3-7-17/h1-3,6-9,19H,4-5,10-16H2/t19-/m0/s1. The molecule has 2 aliphatic rings. The highest BCUT2D eigenvalue weighted by atomic mass is 16.7. The van der Waals surface area contributed by atoms with Crippen LogP contribution in [0.3, 0.4) is 0 Å². The molecule has 1 amide bonds. The van der Waals surface area contributed by atoms with Crippen LogP contribution >= 0.6 is 0 Å². The molecule has 7 heteroatoms. The molecule has 27 heavy (non-hydrogen) atoms. The summed E-state index contributed by atoms with van der Waals surface area (Å²) in [6.45, 7) is 4.69. The van der Waals surface area contributed by atoms with Crippen molar-refractivity contribution in [2.24, 2.45) is 0 Å². The minimum atomic E-state index is -0.337. The Morgan fingerprint density at radius 1 is 1.22 bits per heavy atom. The van der Waals surface area contributed by atoms with Gasteiger partial charge in [0.05, 0.1) is 25.5 Å². The minimum absolute atomic E-state index is 0.00504. The van der Waals surface area contributed by atoms with E-state index in [1.54, 1.807) is 6.20 Å². The van der Waals surface area contributed by atoms with Gasteiger partial charge in [-0.1, -0.05) is 30.3 Å². The normalized spacial score (nSPS) is 20.4. The lowest BCUT2D eigenvalue weighted by Gasteiger charge is -2.36. The Kier molecular flexibility index (Phi) is 5.81. The number of nitrogens with zero attached hydrogens (tertiary/aromatic N) is 4. The third-order valence-electron chi connectivity index (χ3n) is 5.06.